The van der Waals surface area contributed by atoms with Crippen LogP contribution in [-0.2, 0) is 4.79 Å². The lowest BCUT2D eigenvalue weighted by Gasteiger charge is -2.35. The lowest BCUT2D eigenvalue weighted by molar-refractivity contribution is -0.129. The van der Waals surface area contributed by atoms with E-state index in [4.69, 9.17) is 0 Å². The Morgan fingerprint density at radius 2 is 2.25 bits per heavy atom. The van der Waals surface area contributed by atoms with Gasteiger partial charge in [0, 0.05) is 25.3 Å². The van der Waals surface area contributed by atoms with Crippen LogP contribution in [0.15, 0.2) is 18.3 Å². The molecule has 3 heterocycles. The summed E-state index contributed by atoms with van der Waals surface area (Å²) in [5.41, 5.74) is 0.620. The highest BCUT2D eigenvalue weighted by Crippen LogP contribution is 2.47. The van der Waals surface area contributed by atoms with Crippen molar-refractivity contribution in [3.8, 4) is 0 Å². The Bertz CT molecular complexity index is 535. The van der Waals surface area contributed by atoms with Gasteiger partial charge >= 0.3 is 0 Å². The zero-order chi connectivity index (χ0) is 13.7. The molecule has 1 unspecified atom stereocenters. The lowest BCUT2D eigenvalue weighted by atomic mass is 9.73. The number of carbonyl (C=O) groups excluding carboxylic acids is 2. The van der Waals surface area contributed by atoms with E-state index in [0.29, 0.717) is 17.5 Å². The van der Waals surface area contributed by atoms with Crippen LogP contribution in [0.2, 0.25) is 0 Å². The minimum Gasteiger partial charge on any atom is -0.357 e. The number of carbonyl (C=O) groups is 2. The fourth-order valence-corrected chi connectivity index (χ4v) is 3.54. The van der Waals surface area contributed by atoms with Crippen molar-refractivity contribution in [2.45, 2.75) is 25.3 Å². The molecule has 2 aliphatic carbocycles. The van der Waals surface area contributed by atoms with Gasteiger partial charge in [0.05, 0.1) is 5.92 Å². The quantitative estimate of drug-likeness (QED) is 0.859. The molecular formula is C15H19N3O2. The summed E-state index contributed by atoms with van der Waals surface area (Å²) in [5.74, 6) is 1.26. The van der Waals surface area contributed by atoms with E-state index in [2.05, 4.69) is 10.3 Å². The van der Waals surface area contributed by atoms with E-state index in [9.17, 15) is 9.59 Å². The van der Waals surface area contributed by atoms with Crippen LogP contribution in [0, 0.1) is 17.8 Å². The summed E-state index contributed by atoms with van der Waals surface area (Å²) in [6.07, 6.45) is 5.23. The van der Waals surface area contributed by atoms with Crippen LogP contribution in [0.1, 0.15) is 29.8 Å². The maximum atomic E-state index is 12.4. The van der Waals surface area contributed by atoms with E-state index in [0.717, 1.165) is 19.5 Å². The van der Waals surface area contributed by atoms with Crippen molar-refractivity contribution in [1.82, 2.24) is 15.2 Å². The highest BCUT2D eigenvalue weighted by molar-refractivity contribution is 5.94. The number of aromatic amines is 1. The SMILES string of the molecule is O=C(NCC1CC1)C1[C@@H]2C[C@H]1N(C(=O)c1ccc[nH]1)C2. The maximum absolute atomic E-state index is 12.4. The topological polar surface area (TPSA) is 65.2 Å². The van der Waals surface area contributed by atoms with Crippen LogP contribution in [0.3, 0.4) is 0 Å². The molecule has 4 aliphatic rings. The highest BCUT2D eigenvalue weighted by Gasteiger charge is 2.56. The van der Waals surface area contributed by atoms with Gasteiger partial charge < -0.3 is 15.2 Å². The minimum atomic E-state index is 0.0210. The first-order chi connectivity index (χ1) is 9.74. The molecular weight excluding hydrogens is 254 g/mol. The van der Waals surface area contributed by atoms with Gasteiger partial charge in [-0.25, -0.2) is 0 Å². The first-order valence-electron chi connectivity index (χ1n) is 7.46. The molecule has 5 rings (SSSR count). The van der Waals surface area contributed by atoms with Crippen molar-refractivity contribution in [3.05, 3.63) is 24.0 Å². The van der Waals surface area contributed by atoms with Gasteiger partial charge in [-0.3, -0.25) is 9.59 Å². The first kappa shape index (κ1) is 12.0. The second-order valence-corrected chi connectivity index (χ2v) is 6.32. The fourth-order valence-electron chi connectivity index (χ4n) is 3.54. The molecule has 5 nitrogen and oxygen atoms in total. The Morgan fingerprint density at radius 3 is 2.95 bits per heavy atom. The summed E-state index contributed by atoms with van der Waals surface area (Å²) in [5, 5.41) is 3.06. The van der Waals surface area contributed by atoms with Crippen LogP contribution in [0.4, 0.5) is 0 Å². The Hall–Kier alpha value is -1.78. The van der Waals surface area contributed by atoms with E-state index < -0.39 is 0 Å². The van der Waals surface area contributed by atoms with Gasteiger partial charge in [-0.2, -0.15) is 0 Å². The Morgan fingerprint density at radius 1 is 1.40 bits per heavy atom. The monoisotopic (exact) mass is 273 g/mol. The number of aromatic nitrogens is 1. The van der Waals surface area contributed by atoms with Crippen molar-refractivity contribution in [1.29, 1.82) is 0 Å². The largest absolute Gasteiger partial charge is 0.357 e. The van der Waals surface area contributed by atoms with Gasteiger partial charge in [0.15, 0.2) is 0 Å². The molecule has 1 aromatic rings. The van der Waals surface area contributed by atoms with E-state index >= 15 is 0 Å². The van der Waals surface area contributed by atoms with Crippen LogP contribution in [0.25, 0.3) is 0 Å². The second kappa shape index (κ2) is 4.36. The number of hydrogen-bond donors (Lipinski definition) is 2. The van der Waals surface area contributed by atoms with Gasteiger partial charge in [0.2, 0.25) is 5.91 Å². The molecule has 20 heavy (non-hydrogen) atoms. The molecule has 0 aromatic carbocycles. The van der Waals surface area contributed by atoms with Crippen LogP contribution >= 0.6 is 0 Å². The van der Waals surface area contributed by atoms with Crippen molar-refractivity contribution in [2.24, 2.45) is 17.8 Å². The van der Waals surface area contributed by atoms with Crippen LogP contribution in [-0.4, -0.2) is 40.8 Å². The molecule has 3 atom stereocenters. The Balaban J connectivity index is 1.40. The lowest BCUT2D eigenvalue weighted by Crippen LogP contribution is -2.49. The van der Waals surface area contributed by atoms with E-state index in [1.807, 2.05) is 11.0 Å². The molecule has 4 fully saturated rings. The average molecular weight is 273 g/mol. The molecule has 0 spiro atoms. The number of rotatable bonds is 4. The van der Waals surface area contributed by atoms with Gasteiger partial charge in [0.25, 0.3) is 5.91 Å². The normalized spacial score (nSPS) is 31.0. The van der Waals surface area contributed by atoms with E-state index in [1.54, 1.807) is 12.3 Å². The Kier molecular flexibility index (Phi) is 2.62. The van der Waals surface area contributed by atoms with Crippen molar-refractivity contribution >= 4 is 11.8 Å². The van der Waals surface area contributed by atoms with Gasteiger partial charge in [0.1, 0.15) is 5.69 Å². The summed E-state index contributed by atoms with van der Waals surface area (Å²) < 4.78 is 0. The molecule has 106 valence electrons. The maximum Gasteiger partial charge on any atom is 0.270 e. The minimum absolute atomic E-state index is 0.0210. The number of fused-ring (bicyclic) bond motifs is 1. The number of nitrogens with one attached hydrogen (secondary N) is 2. The molecule has 2 saturated carbocycles. The average Bonchev–Trinajstić information content (AvgIpc) is 2.87. The molecule has 2 bridgehead atoms. The smallest absolute Gasteiger partial charge is 0.270 e. The van der Waals surface area contributed by atoms with E-state index in [1.165, 1.54) is 12.8 Å². The highest BCUT2D eigenvalue weighted by atomic mass is 16.2. The molecule has 2 saturated heterocycles. The van der Waals surface area contributed by atoms with Gasteiger partial charge in [-0.05, 0) is 43.2 Å². The number of nitrogens with zero attached hydrogens (tertiary/aromatic N) is 1. The van der Waals surface area contributed by atoms with Crippen molar-refractivity contribution < 1.29 is 9.59 Å². The van der Waals surface area contributed by atoms with Crippen molar-refractivity contribution in [2.75, 3.05) is 13.1 Å². The molecule has 1 aromatic heterocycles. The predicted molar refractivity (Wildman–Crippen MR) is 72.9 cm³/mol. The molecule has 5 heteroatoms. The van der Waals surface area contributed by atoms with Crippen LogP contribution < -0.4 is 5.32 Å². The molecule has 2 amide bonds. The zero-order valence-electron chi connectivity index (χ0n) is 11.3. The number of H-pyrrole nitrogens is 1. The molecule has 0 radical (unpaired) electrons. The van der Waals surface area contributed by atoms with Gasteiger partial charge in [-0.15, -0.1) is 0 Å². The standard InChI is InChI=1S/C15H19N3O2/c19-14(17-7-9-3-4-9)13-10-6-12(13)18(8-10)15(20)11-2-1-5-16-11/h1-2,5,9-10,12-13,16H,3-4,6-8H2,(H,17,19)/t10-,12-,13?/m1/s1. The summed E-state index contributed by atoms with van der Waals surface area (Å²) >= 11 is 0. The fraction of sp³-hybridized carbons (Fsp3) is 0.600. The summed E-state index contributed by atoms with van der Waals surface area (Å²) in [7, 11) is 0. The summed E-state index contributed by atoms with van der Waals surface area (Å²) in [6, 6.07) is 3.73. The third-order valence-corrected chi connectivity index (χ3v) is 4.95. The predicted octanol–water partition coefficient (Wildman–Crippen LogP) is 1.00. The second-order valence-electron chi connectivity index (χ2n) is 6.32. The summed E-state index contributed by atoms with van der Waals surface area (Å²) in [4.78, 5) is 29.4. The molecule has 2 aliphatic heterocycles. The third kappa shape index (κ3) is 1.84. The molecule has 2 N–H and O–H groups in total. The first-order valence-corrected chi connectivity index (χ1v) is 7.46. The van der Waals surface area contributed by atoms with Crippen molar-refractivity contribution in [3.63, 3.8) is 0 Å². The third-order valence-electron chi connectivity index (χ3n) is 4.95. The number of amides is 2. The van der Waals surface area contributed by atoms with E-state index in [-0.39, 0.29) is 23.8 Å². The number of hydrogen-bond acceptors (Lipinski definition) is 2. The zero-order valence-corrected chi connectivity index (χ0v) is 11.3. The summed E-state index contributed by atoms with van der Waals surface area (Å²) in [6.45, 7) is 1.55. The van der Waals surface area contributed by atoms with Crippen LogP contribution in [0.5, 0.6) is 0 Å². The van der Waals surface area contributed by atoms with Gasteiger partial charge in [-0.1, -0.05) is 0 Å². The Labute approximate surface area is 117 Å².